The molecule has 1 aliphatic rings. The van der Waals surface area contributed by atoms with Crippen LogP contribution in [0.5, 0.6) is 0 Å². The number of carbonyl (C=O) groups excluding carboxylic acids is 1. The van der Waals surface area contributed by atoms with Crippen molar-refractivity contribution in [3.05, 3.63) is 36.0 Å². The number of carbonyl (C=O) groups is 1. The molecule has 1 fully saturated rings. The van der Waals surface area contributed by atoms with Crippen molar-refractivity contribution in [2.75, 3.05) is 13.1 Å². The third-order valence-electron chi connectivity index (χ3n) is 4.96. The van der Waals surface area contributed by atoms with Crippen LogP contribution in [0.4, 0.5) is 4.39 Å². The molecule has 0 spiro atoms. The fourth-order valence-electron chi connectivity index (χ4n) is 3.39. The first kappa shape index (κ1) is 17.6. The van der Waals surface area contributed by atoms with Crippen LogP contribution >= 0.6 is 0 Å². The Balaban J connectivity index is 1.72. The summed E-state index contributed by atoms with van der Waals surface area (Å²) in [4.78, 5) is 19.0. The lowest BCUT2D eigenvalue weighted by Crippen LogP contribution is -2.42. The highest BCUT2D eigenvalue weighted by Crippen LogP contribution is 2.29. The molecule has 0 N–H and O–H groups in total. The third kappa shape index (κ3) is 3.89. The number of hydrogen-bond acceptors (Lipinski definition) is 4. The molecule has 0 unspecified atom stereocenters. The average molecular weight is 345 g/mol. The van der Waals surface area contributed by atoms with Gasteiger partial charge in [0.2, 0.25) is 17.6 Å². The topological polar surface area (TPSA) is 59.2 Å². The minimum Gasteiger partial charge on any atom is -0.342 e. The van der Waals surface area contributed by atoms with E-state index < -0.39 is 0 Å². The summed E-state index contributed by atoms with van der Waals surface area (Å²) < 4.78 is 18.5. The maximum absolute atomic E-state index is 13.0. The number of aromatic nitrogens is 2. The van der Waals surface area contributed by atoms with E-state index in [1.807, 2.05) is 4.90 Å². The van der Waals surface area contributed by atoms with Crippen LogP contribution in [0, 0.1) is 11.7 Å². The molecule has 5 nitrogen and oxygen atoms in total. The van der Waals surface area contributed by atoms with E-state index in [1.54, 1.807) is 12.1 Å². The molecule has 0 aliphatic carbocycles. The van der Waals surface area contributed by atoms with Gasteiger partial charge in [0.25, 0.3) is 0 Å². The van der Waals surface area contributed by atoms with Gasteiger partial charge >= 0.3 is 0 Å². The van der Waals surface area contributed by atoms with Crippen LogP contribution in [-0.2, 0) is 4.79 Å². The van der Waals surface area contributed by atoms with Gasteiger partial charge in [-0.25, -0.2) is 4.39 Å². The maximum atomic E-state index is 13.0. The number of amides is 1. The first-order valence-corrected chi connectivity index (χ1v) is 9.00. The summed E-state index contributed by atoms with van der Waals surface area (Å²) in [5.41, 5.74) is 0.720. The fourth-order valence-corrected chi connectivity index (χ4v) is 3.39. The van der Waals surface area contributed by atoms with Crippen LogP contribution in [0.3, 0.4) is 0 Å². The van der Waals surface area contributed by atoms with Gasteiger partial charge in [0.05, 0.1) is 5.92 Å². The Bertz CT molecular complexity index is 710. The third-order valence-corrected chi connectivity index (χ3v) is 4.96. The molecule has 1 atom stereocenters. The molecule has 1 aliphatic heterocycles. The molecule has 1 aromatic carbocycles. The van der Waals surface area contributed by atoms with Gasteiger partial charge in [-0.3, -0.25) is 4.79 Å². The molecule has 6 heteroatoms. The minimum absolute atomic E-state index is 0.0637. The lowest BCUT2D eigenvalue weighted by atomic mass is 9.95. The van der Waals surface area contributed by atoms with Crippen molar-refractivity contribution >= 4 is 5.91 Å². The maximum Gasteiger partial charge on any atom is 0.231 e. The lowest BCUT2D eigenvalue weighted by Gasteiger charge is -2.33. The van der Waals surface area contributed by atoms with Gasteiger partial charge in [-0.1, -0.05) is 19.0 Å². The van der Waals surface area contributed by atoms with Gasteiger partial charge in [0.15, 0.2) is 0 Å². The molecule has 25 heavy (non-hydrogen) atoms. The standard InChI is InChI=1S/C19H24FN3O2/c1-3-13(4-2)19(24)23-11-5-6-15(12-23)18-21-17(22-25-18)14-7-9-16(20)10-8-14/h7-10,13,15H,3-6,11-12H2,1-2H3/t15-/m0/s1. The second kappa shape index (κ2) is 7.76. The summed E-state index contributed by atoms with van der Waals surface area (Å²) in [7, 11) is 0. The van der Waals surface area contributed by atoms with Crippen LogP contribution in [0.2, 0.25) is 0 Å². The number of hydrogen-bond donors (Lipinski definition) is 0. The average Bonchev–Trinajstić information content (AvgIpc) is 3.13. The normalized spacial score (nSPS) is 17.9. The van der Waals surface area contributed by atoms with E-state index in [0.29, 0.717) is 18.3 Å². The number of benzene rings is 1. The van der Waals surface area contributed by atoms with Gasteiger partial charge in [-0.15, -0.1) is 0 Å². The first-order chi connectivity index (χ1) is 12.1. The number of halogens is 1. The first-order valence-electron chi connectivity index (χ1n) is 9.00. The van der Waals surface area contributed by atoms with Gasteiger partial charge in [-0.05, 0) is 49.9 Å². The van der Waals surface area contributed by atoms with Crippen LogP contribution in [-0.4, -0.2) is 34.0 Å². The van der Waals surface area contributed by atoms with Gasteiger partial charge in [0.1, 0.15) is 5.82 Å². The predicted octanol–water partition coefficient (Wildman–Crippen LogP) is 4.02. The Hall–Kier alpha value is -2.24. The zero-order chi connectivity index (χ0) is 17.8. The van der Waals surface area contributed by atoms with Crippen molar-refractivity contribution in [3.8, 4) is 11.4 Å². The van der Waals surface area contributed by atoms with E-state index in [9.17, 15) is 9.18 Å². The van der Waals surface area contributed by atoms with Gasteiger partial charge < -0.3 is 9.42 Å². The molecule has 2 heterocycles. The zero-order valence-corrected chi connectivity index (χ0v) is 14.7. The van der Waals surface area contributed by atoms with Crippen molar-refractivity contribution in [2.45, 2.75) is 45.4 Å². The molecule has 3 rings (SSSR count). The molecule has 0 saturated carbocycles. The zero-order valence-electron chi connectivity index (χ0n) is 14.7. The van der Waals surface area contributed by atoms with Crippen molar-refractivity contribution in [2.24, 2.45) is 5.92 Å². The van der Waals surface area contributed by atoms with Gasteiger partial charge in [-0.2, -0.15) is 4.98 Å². The fraction of sp³-hybridized carbons (Fsp3) is 0.526. The number of likely N-dealkylation sites (tertiary alicyclic amines) is 1. The molecule has 2 aromatic rings. The largest absolute Gasteiger partial charge is 0.342 e. The van der Waals surface area contributed by atoms with E-state index in [1.165, 1.54) is 12.1 Å². The molecule has 0 radical (unpaired) electrons. The summed E-state index contributed by atoms with van der Waals surface area (Å²) in [5, 5.41) is 4.02. The van der Waals surface area contributed by atoms with E-state index in [4.69, 9.17) is 4.52 Å². The van der Waals surface area contributed by atoms with E-state index in [-0.39, 0.29) is 23.6 Å². The van der Waals surface area contributed by atoms with Gasteiger partial charge in [0, 0.05) is 24.6 Å². The highest BCUT2D eigenvalue weighted by molar-refractivity contribution is 5.78. The van der Waals surface area contributed by atoms with E-state index >= 15 is 0 Å². The Kier molecular flexibility index (Phi) is 5.46. The highest BCUT2D eigenvalue weighted by Gasteiger charge is 2.30. The summed E-state index contributed by atoms with van der Waals surface area (Å²) in [5.74, 6) is 1.10. The molecule has 1 saturated heterocycles. The summed E-state index contributed by atoms with van der Waals surface area (Å²) in [6.07, 6.45) is 3.60. The monoisotopic (exact) mass is 345 g/mol. The second-order valence-corrected chi connectivity index (χ2v) is 6.60. The summed E-state index contributed by atoms with van der Waals surface area (Å²) in [6.45, 7) is 5.53. The number of piperidine rings is 1. The molecule has 1 aromatic heterocycles. The van der Waals surface area contributed by atoms with Crippen LogP contribution in [0.15, 0.2) is 28.8 Å². The molecule has 1 amide bonds. The molecular formula is C19H24FN3O2. The van der Waals surface area contributed by atoms with Crippen molar-refractivity contribution in [3.63, 3.8) is 0 Å². The Labute approximate surface area is 147 Å². The Morgan fingerprint density at radius 3 is 2.72 bits per heavy atom. The molecule has 134 valence electrons. The highest BCUT2D eigenvalue weighted by atomic mass is 19.1. The van der Waals surface area contributed by atoms with E-state index in [0.717, 1.165) is 37.8 Å². The Morgan fingerprint density at radius 2 is 2.04 bits per heavy atom. The summed E-state index contributed by atoms with van der Waals surface area (Å²) >= 11 is 0. The molecular weight excluding hydrogens is 321 g/mol. The second-order valence-electron chi connectivity index (χ2n) is 6.60. The van der Waals surface area contributed by atoms with Crippen LogP contribution in [0.1, 0.15) is 51.3 Å². The summed E-state index contributed by atoms with van der Waals surface area (Å²) in [6, 6.07) is 6.02. The molecule has 0 bridgehead atoms. The van der Waals surface area contributed by atoms with Crippen molar-refractivity contribution in [1.29, 1.82) is 0 Å². The number of nitrogens with zero attached hydrogens (tertiary/aromatic N) is 3. The lowest BCUT2D eigenvalue weighted by molar-refractivity contribution is -0.137. The Morgan fingerprint density at radius 1 is 1.32 bits per heavy atom. The predicted molar refractivity (Wildman–Crippen MR) is 92.3 cm³/mol. The smallest absolute Gasteiger partial charge is 0.231 e. The van der Waals surface area contributed by atoms with Crippen molar-refractivity contribution < 1.29 is 13.7 Å². The quantitative estimate of drug-likeness (QED) is 0.821. The minimum atomic E-state index is -0.296. The number of rotatable bonds is 5. The van der Waals surface area contributed by atoms with Crippen LogP contribution in [0.25, 0.3) is 11.4 Å². The van der Waals surface area contributed by atoms with Crippen LogP contribution < -0.4 is 0 Å². The van der Waals surface area contributed by atoms with Crippen molar-refractivity contribution in [1.82, 2.24) is 15.0 Å². The van der Waals surface area contributed by atoms with E-state index in [2.05, 4.69) is 24.0 Å². The SMILES string of the molecule is CCC(CC)C(=O)N1CCC[C@H](c2nc(-c3ccc(F)cc3)no2)C1.